The molecule has 0 bridgehead atoms. The molecule has 2 rings (SSSR count). The Kier molecular flexibility index (Phi) is 4.42. The Bertz CT molecular complexity index is 713. The molecule has 2 aromatic carbocycles. The molecule has 2 aromatic rings. The van der Waals surface area contributed by atoms with Crippen LogP contribution in [-0.2, 0) is 4.79 Å². The molecule has 120 valence electrons. The number of nitrogens with one attached hydrogen (secondary N) is 1. The van der Waals surface area contributed by atoms with Gasteiger partial charge in [0.25, 0.3) is 0 Å². The van der Waals surface area contributed by atoms with Crippen molar-refractivity contribution in [3.63, 3.8) is 0 Å². The average molecular weight is 309 g/mol. The van der Waals surface area contributed by atoms with Crippen LogP contribution in [0.25, 0.3) is 11.1 Å². The topological polar surface area (TPSA) is 61.2 Å². The summed E-state index contributed by atoms with van der Waals surface area (Å²) in [6.07, 6.45) is 0. The van der Waals surface area contributed by atoms with Crippen molar-refractivity contribution in [2.45, 2.75) is 27.7 Å². The Hall–Kier alpha value is -2.42. The maximum atomic E-state index is 11.5. The molecule has 0 aliphatic rings. The lowest BCUT2D eigenvalue weighted by Gasteiger charge is -2.38. The Balaban J connectivity index is 2.32. The van der Waals surface area contributed by atoms with Crippen molar-refractivity contribution < 1.29 is 9.90 Å². The Morgan fingerprint density at radius 1 is 0.826 bits per heavy atom. The van der Waals surface area contributed by atoms with E-state index in [-0.39, 0.29) is 0 Å². The molecule has 23 heavy (non-hydrogen) atoms. The molecule has 0 saturated heterocycles. The number of hydrogen-bond donors (Lipinski definition) is 2. The number of benzene rings is 2. The zero-order chi connectivity index (χ0) is 17.3. The van der Waals surface area contributed by atoms with Crippen LogP contribution in [0.3, 0.4) is 0 Å². The summed E-state index contributed by atoms with van der Waals surface area (Å²) in [5.41, 5.74) is 1.48. The van der Waals surface area contributed by atoms with Crippen molar-refractivity contribution in [3.8, 4) is 11.1 Å². The van der Waals surface area contributed by atoms with Gasteiger partial charge in [0, 0.05) is 11.1 Å². The van der Waals surface area contributed by atoms with Crippen molar-refractivity contribution in [1.82, 2.24) is 0 Å². The molecule has 0 aliphatic carbocycles. The molecule has 3 heteroatoms. The fourth-order valence-corrected chi connectivity index (χ4v) is 2.40. The molecule has 0 saturated carbocycles. The first-order valence-corrected chi connectivity index (χ1v) is 7.66. The highest BCUT2D eigenvalue weighted by molar-refractivity contribution is 6.05. The van der Waals surface area contributed by atoms with Crippen molar-refractivity contribution in [3.05, 3.63) is 60.2 Å². The standard InChI is InChI=1S/C20H23NO2/c1-19(2,20(3,4)18(22)23)17(21)16-12-10-15(11-13-16)14-8-6-5-7-9-14/h5-13,21H,1-4H3,(H,22,23). The van der Waals surface area contributed by atoms with Crippen molar-refractivity contribution in [2.24, 2.45) is 10.8 Å². The number of rotatable bonds is 5. The zero-order valence-corrected chi connectivity index (χ0v) is 14.1. The second kappa shape index (κ2) is 5.99. The second-order valence-corrected chi connectivity index (χ2v) is 6.87. The monoisotopic (exact) mass is 309 g/mol. The van der Waals surface area contributed by atoms with Gasteiger partial charge in [0.15, 0.2) is 0 Å². The highest BCUT2D eigenvalue weighted by atomic mass is 16.4. The molecular formula is C20H23NO2. The lowest BCUT2D eigenvalue weighted by Crippen LogP contribution is -2.45. The van der Waals surface area contributed by atoms with E-state index in [1.165, 1.54) is 0 Å². The number of hydrogen-bond acceptors (Lipinski definition) is 2. The van der Waals surface area contributed by atoms with Gasteiger partial charge in [-0.05, 0) is 30.5 Å². The quantitative estimate of drug-likeness (QED) is 0.775. The van der Waals surface area contributed by atoms with Gasteiger partial charge in [-0.1, -0.05) is 68.4 Å². The Labute approximate surface area is 137 Å². The second-order valence-electron chi connectivity index (χ2n) is 6.87. The van der Waals surface area contributed by atoms with E-state index in [0.29, 0.717) is 5.71 Å². The summed E-state index contributed by atoms with van der Waals surface area (Å²) < 4.78 is 0. The van der Waals surface area contributed by atoms with Crippen LogP contribution in [0.1, 0.15) is 33.3 Å². The SMILES string of the molecule is CC(C)(C(=N)c1ccc(-c2ccccc2)cc1)C(C)(C)C(=O)O. The summed E-state index contributed by atoms with van der Waals surface area (Å²) in [4.78, 5) is 11.5. The number of carbonyl (C=O) groups is 1. The van der Waals surface area contributed by atoms with Gasteiger partial charge in [-0.25, -0.2) is 0 Å². The summed E-state index contributed by atoms with van der Waals surface area (Å²) in [6, 6.07) is 17.8. The fourth-order valence-electron chi connectivity index (χ4n) is 2.40. The Morgan fingerprint density at radius 3 is 1.78 bits per heavy atom. The van der Waals surface area contributed by atoms with E-state index in [0.717, 1.165) is 16.7 Å². The van der Waals surface area contributed by atoms with Gasteiger partial charge >= 0.3 is 5.97 Å². The molecule has 0 aliphatic heterocycles. The van der Waals surface area contributed by atoms with E-state index < -0.39 is 16.8 Å². The van der Waals surface area contributed by atoms with E-state index >= 15 is 0 Å². The predicted octanol–water partition coefficient (Wildman–Crippen LogP) is 4.86. The molecule has 0 unspecified atom stereocenters. The molecular weight excluding hydrogens is 286 g/mol. The van der Waals surface area contributed by atoms with Gasteiger partial charge in [-0.3, -0.25) is 4.79 Å². The van der Waals surface area contributed by atoms with Crippen molar-refractivity contribution in [2.75, 3.05) is 0 Å². The first kappa shape index (κ1) is 16.9. The normalized spacial score (nSPS) is 12.0. The average Bonchev–Trinajstić information content (AvgIpc) is 2.54. The fraction of sp³-hybridized carbons (Fsp3) is 0.300. The van der Waals surface area contributed by atoms with Crippen LogP contribution in [-0.4, -0.2) is 16.8 Å². The highest BCUT2D eigenvalue weighted by Gasteiger charge is 2.46. The predicted molar refractivity (Wildman–Crippen MR) is 93.9 cm³/mol. The summed E-state index contributed by atoms with van der Waals surface area (Å²) in [7, 11) is 0. The van der Waals surface area contributed by atoms with E-state index in [9.17, 15) is 9.90 Å². The van der Waals surface area contributed by atoms with Gasteiger partial charge in [0.05, 0.1) is 5.41 Å². The molecule has 0 aromatic heterocycles. The molecule has 0 fully saturated rings. The third-order valence-corrected chi connectivity index (χ3v) is 5.00. The summed E-state index contributed by atoms with van der Waals surface area (Å²) in [6.45, 7) is 6.97. The van der Waals surface area contributed by atoms with Gasteiger partial charge in [-0.15, -0.1) is 0 Å². The maximum Gasteiger partial charge on any atom is 0.310 e. The van der Waals surface area contributed by atoms with Crippen LogP contribution >= 0.6 is 0 Å². The maximum absolute atomic E-state index is 11.5. The molecule has 0 heterocycles. The van der Waals surface area contributed by atoms with E-state index in [1.807, 2.05) is 68.4 Å². The van der Waals surface area contributed by atoms with Crippen molar-refractivity contribution >= 4 is 11.7 Å². The minimum atomic E-state index is -1.03. The third kappa shape index (κ3) is 3.04. The number of aliphatic carboxylic acids is 1. The van der Waals surface area contributed by atoms with E-state index in [4.69, 9.17) is 5.41 Å². The van der Waals surface area contributed by atoms with Crippen LogP contribution < -0.4 is 0 Å². The molecule has 2 N–H and O–H groups in total. The van der Waals surface area contributed by atoms with Gasteiger partial charge in [0.2, 0.25) is 0 Å². The molecule has 0 amide bonds. The third-order valence-electron chi connectivity index (χ3n) is 5.00. The highest BCUT2D eigenvalue weighted by Crippen LogP contribution is 2.41. The summed E-state index contributed by atoms with van der Waals surface area (Å²) in [5.74, 6) is -0.895. The zero-order valence-electron chi connectivity index (χ0n) is 14.1. The van der Waals surface area contributed by atoms with Gasteiger partial charge in [-0.2, -0.15) is 0 Å². The minimum absolute atomic E-state index is 0.338. The summed E-state index contributed by atoms with van der Waals surface area (Å²) >= 11 is 0. The van der Waals surface area contributed by atoms with Crippen molar-refractivity contribution in [1.29, 1.82) is 5.41 Å². The minimum Gasteiger partial charge on any atom is -0.481 e. The summed E-state index contributed by atoms with van der Waals surface area (Å²) in [5, 5.41) is 18.0. The molecule has 0 spiro atoms. The van der Waals surface area contributed by atoms with Crippen LogP contribution in [0.15, 0.2) is 54.6 Å². The molecule has 0 radical (unpaired) electrons. The molecule has 3 nitrogen and oxygen atoms in total. The lowest BCUT2D eigenvalue weighted by atomic mass is 9.64. The smallest absolute Gasteiger partial charge is 0.310 e. The lowest BCUT2D eigenvalue weighted by molar-refractivity contribution is -0.151. The largest absolute Gasteiger partial charge is 0.481 e. The van der Waals surface area contributed by atoms with E-state index in [1.54, 1.807) is 13.8 Å². The van der Waals surface area contributed by atoms with Crippen LogP contribution in [0.5, 0.6) is 0 Å². The van der Waals surface area contributed by atoms with Crippen LogP contribution in [0, 0.1) is 16.2 Å². The van der Waals surface area contributed by atoms with Gasteiger partial charge in [0.1, 0.15) is 0 Å². The molecule has 0 atom stereocenters. The number of carboxylic acids is 1. The van der Waals surface area contributed by atoms with E-state index in [2.05, 4.69) is 0 Å². The Morgan fingerprint density at radius 2 is 1.30 bits per heavy atom. The van der Waals surface area contributed by atoms with Crippen LogP contribution in [0.4, 0.5) is 0 Å². The first-order chi connectivity index (χ1) is 10.7. The first-order valence-electron chi connectivity index (χ1n) is 7.66. The van der Waals surface area contributed by atoms with Gasteiger partial charge < -0.3 is 10.5 Å². The van der Waals surface area contributed by atoms with Crippen LogP contribution in [0.2, 0.25) is 0 Å². The number of carboxylic acid groups (broad SMARTS) is 1.